The third-order valence-electron chi connectivity index (χ3n) is 6.30. The quantitative estimate of drug-likeness (QED) is 0.377. The number of hydrogen-bond donors (Lipinski definition) is 1. The molecule has 1 aromatic carbocycles. The smallest absolute Gasteiger partial charge is 0.270 e. The van der Waals surface area contributed by atoms with Gasteiger partial charge in [0.2, 0.25) is 14.4 Å². The van der Waals surface area contributed by atoms with Crippen LogP contribution in [0, 0.1) is 11.8 Å². The minimum atomic E-state index is -3.86. The van der Waals surface area contributed by atoms with Crippen molar-refractivity contribution in [2.24, 2.45) is 11.8 Å². The van der Waals surface area contributed by atoms with E-state index >= 15 is 0 Å². The maximum absolute atomic E-state index is 13.3. The lowest BCUT2D eigenvalue weighted by Gasteiger charge is -2.28. The van der Waals surface area contributed by atoms with Crippen molar-refractivity contribution in [1.82, 2.24) is 13.6 Å². The van der Waals surface area contributed by atoms with Gasteiger partial charge in [-0.05, 0) is 55.4 Å². The molecule has 0 saturated heterocycles. The zero-order valence-electron chi connectivity index (χ0n) is 21.1. The SMILES string of the molecule is COc1ccc(S(=O)(=O)N(CC(C)C)C[C@@H](O)CCN(CC2CCCC2)S(=O)(=O)c2nccs2)cc1. The highest BCUT2D eigenvalue weighted by atomic mass is 32.2. The number of thiazole rings is 1. The molecule has 1 N–H and O–H groups in total. The van der Waals surface area contributed by atoms with Gasteiger partial charge >= 0.3 is 0 Å². The van der Waals surface area contributed by atoms with Crippen LogP contribution < -0.4 is 4.74 Å². The lowest BCUT2D eigenvalue weighted by Crippen LogP contribution is -2.42. The van der Waals surface area contributed by atoms with E-state index in [0.717, 1.165) is 37.0 Å². The second-order valence-electron chi connectivity index (χ2n) is 9.65. The Labute approximate surface area is 219 Å². The van der Waals surface area contributed by atoms with Gasteiger partial charge in [-0.25, -0.2) is 21.8 Å². The summed E-state index contributed by atoms with van der Waals surface area (Å²) in [5, 5.41) is 12.5. The van der Waals surface area contributed by atoms with E-state index in [4.69, 9.17) is 4.74 Å². The van der Waals surface area contributed by atoms with Crippen molar-refractivity contribution in [2.75, 3.05) is 33.3 Å². The summed E-state index contributed by atoms with van der Waals surface area (Å²) in [6.45, 7) is 4.40. The number of aromatic nitrogens is 1. The number of benzene rings is 1. The van der Waals surface area contributed by atoms with Gasteiger partial charge in [0.15, 0.2) is 0 Å². The number of nitrogens with zero attached hydrogens (tertiary/aromatic N) is 3. The second-order valence-corrected chi connectivity index (χ2v) is 14.6. The molecule has 1 atom stereocenters. The van der Waals surface area contributed by atoms with Gasteiger partial charge in [-0.3, -0.25) is 0 Å². The molecule has 202 valence electrons. The van der Waals surface area contributed by atoms with E-state index in [-0.39, 0.29) is 47.1 Å². The summed E-state index contributed by atoms with van der Waals surface area (Å²) in [6, 6.07) is 6.14. The van der Waals surface area contributed by atoms with Gasteiger partial charge in [0, 0.05) is 37.8 Å². The fraction of sp³-hybridized carbons (Fsp3) is 0.625. The van der Waals surface area contributed by atoms with Gasteiger partial charge in [0.25, 0.3) is 10.0 Å². The van der Waals surface area contributed by atoms with Crippen molar-refractivity contribution < 1.29 is 26.7 Å². The van der Waals surface area contributed by atoms with Gasteiger partial charge in [-0.2, -0.15) is 8.61 Å². The molecule has 3 rings (SSSR count). The molecule has 1 aliphatic rings. The monoisotopic (exact) mass is 559 g/mol. The van der Waals surface area contributed by atoms with Gasteiger partial charge in [0.05, 0.1) is 18.1 Å². The summed E-state index contributed by atoms with van der Waals surface area (Å²) >= 11 is 1.07. The van der Waals surface area contributed by atoms with Crippen LogP contribution in [0.4, 0.5) is 0 Å². The van der Waals surface area contributed by atoms with Gasteiger partial charge in [0.1, 0.15) is 5.75 Å². The molecule has 0 spiro atoms. The summed E-state index contributed by atoms with van der Waals surface area (Å²) in [5.41, 5.74) is 0. The first-order valence-corrected chi connectivity index (χ1v) is 16.0. The third kappa shape index (κ3) is 7.48. The molecule has 0 aliphatic heterocycles. The van der Waals surface area contributed by atoms with E-state index in [9.17, 15) is 21.9 Å². The Balaban J connectivity index is 1.73. The highest BCUT2D eigenvalue weighted by molar-refractivity contribution is 7.91. The zero-order chi connectivity index (χ0) is 26.3. The van der Waals surface area contributed by atoms with Gasteiger partial charge in [-0.1, -0.05) is 26.7 Å². The van der Waals surface area contributed by atoms with Crippen LogP contribution in [-0.4, -0.2) is 74.9 Å². The largest absolute Gasteiger partial charge is 0.497 e. The van der Waals surface area contributed by atoms with Crippen molar-refractivity contribution >= 4 is 31.4 Å². The van der Waals surface area contributed by atoms with E-state index in [0.29, 0.717) is 12.3 Å². The number of methoxy groups -OCH3 is 1. The molecule has 0 amide bonds. The Morgan fingerprint density at radius 2 is 1.72 bits per heavy atom. The van der Waals surface area contributed by atoms with Crippen molar-refractivity contribution in [2.45, 2.75) is 61.3 Å². The Morgan fingerprint density at radius 3 is 2.28 bits per heavy atom. The maximum Gasteiger partial charge on any atom is 0.270 e. The number of aliphatic hydroxyl groups excluding tert-OH is 1. The molecule has 12 heteroatoms. The molecule has 2 aromatic rings. The van der Waals surface area contributed by atoms with E-state index < -0.39 is 26.2 Å². The Morgan fingerprint density at radius 1 is 1.06 bits per heavy atom. The summed E-state index contributed by atoms with van der Waals surface area (Å²) in [6.07, 6.45) is 4.69. The van der Waals surface area contributed by atoms with Crippen molar-refractivity contribution in [3.8, 4) is 5.75 Å². The van der Waals surface area contributed by atoms with Crippen LogP contribution in [-0.2, 0) is 20.0 Å². The first-order chi connectivity index (χ1) is 17.0. The number of aliphatic hydroxyl groups is 1. The number of hydrogen-bond acceptors (Lipinski definition) is 8. The van der Waals surface area contributed by atoms with Gasteiger partial charge in [-0.15, -0.1) is 11.3 Å². The van der Waals surface area contributed by atoms with Crippen LogP contribution in [0.3, 0.4) is 0 Å². The van der Waals surface area contributed by atoms with Crippen molar-refractivity contribution in [3.05, 3.63) is 35.8 Å². The fourth-order valence-corrected chi connectivity index (χ4v) is 8.57. The number of sulfonamides is 2. The van der Waals surface area contributed by atoms with Crippen LogP contribution in [0.15, 0.2) is 45.1 Å². The molecule has 9 nitrogen and oxygen atoms in total. The minimum absolute atomic E-state index is 0.0365. The van der Waals surface area contributed by atoms with Crippen LogP contribution in [0.1, 0.15) is 46.0 Å². The van der Waals surface area contributed by atoms with E-state index in [1.807, 2.05) is 13.8 Å². The first-order valence-electron chi connectivity index (χ1n) is 12.3. The molecule has 1 fully saturated rings. The minimum Gasteiger partial charge on any atom is -0.497 e. The molecule has 0 radical (unpaired) electrons. The molecule has 1 heterocycles. The predicted molar refractivity (Wildman–Crippen MR) is 140 cm³/mol. The van der Waals surface area contributed by atoms with E-state index in [1.165, 1.54) is 34.0 Å². The normalized spacial score (nSPS) is 16.3. The third-order valence-corrected chi connectivity index (χ3v) is 11.2. The molecule has 1 aliphatic carbocycles. The van der Waals surface area contributed by atoms with Crippen LogP contribution >= 0.6 is 11.3 Å². The zero-order valence-corrected chi connectivity index (χ0v) is 23.6. The average Bonchev–Trinajstić information content (AvgIpc) is 3.56. The summed E-state index contributed by atoms with van der Waals surface area (Å²) in [7, 11) is -6.13. The standard InChI is InChI=1S/C24H37N3O6S3/c1-19(2)16-27(35(29,30)23-10-8-22(33-3)9-11-23)18-21(28)12-14-26(17-20-6-4-5-7-20)36(31,32)24-25-13-15-34-24/h8-11,13,15,19-21,28H,4-7,12,14,16-18H2,1-3H3/t21-/m0/s1. The molecule has 0 bridgehead atoms. The summed E-state index contributed by atoms with van der Waals surface area (Å²) < 4.78 is 61.0. The maximum atomic E-state index is 13.3. The Hall–Kier alpha value is -1.57. The molecular formula is C24H37N3O6S3. The van der Waals surface area contributed by atoms with Gasteiger partial charge < -0.3 is 9.84 Å². The lowest BCUT2D eigenvalue weighted by atomic mass is 10.1. The molecule has 0 unspecified atom stereocenters. The molecule has 1 aromatic heterocycles. The van der Waals surface area contributed by atoms with Crippen LogP contribution in [0.5, 0.6) is 5.75 Å². The number of ether oxygens (including phenoxy) is 1. The van der Waals surface area contributed by atoms with Crippen LogP contribution in [0.25, 0.3) is 0 Å². The second kappa shape index (κ2) is 12.8. The Kier molecular flexibility index (Phi) is 10.3. The van der Waals surface area contributed by atoms with Crippen molar-refractivity contribution in [1.29, 1.82) is 0 Å². The fourth-order valence-electron chi connectivity index (χ4n) is 4.43. The number of rotatable bonds is 14. The van der Waals surface area contributed by atoms with E-state index in [1.54, 1.807) is 17.5 Å². The topological polar surface area (TPSA) is 117 Å². The van der Waals surface area contributed by atoms with Crippen LogP contribution in [0.2, 0.25) is 0 Å². The predicted octanol–water partition coefficient (Wildman–Crippen LogP) is 3.43. The molecular weight excluding hydrogens is 522 g/mol. The first kappa shape index (κ1) is 29.0. The highest BCUT2D eigenvalue weighted by Crippen LogP contribution is 2.29. The van der Waals surface area contributed by atoms with E-state index in [2.05, 4.69) is 4.98 Å². The lowest BCUT2D eigenvalue weighted by molar-refractivity contribution is 0.125. The summed E-state index contributed by atoms with van der Waals surface area (Å²) in [5.74, 6) is 0.868. The highest BCUT2D eigenvalue weighted by Gasteiger charge is 2.32. The molecule has 1 saturated carbocycles. The van der Waals surface area contributed by atoms with Crippen molar-refractivity contribution in [3.63, 3.8) is 0 Å². The summed E-state index contributed by atoms with van der Waals surface area (Å²) in [4.78, 5) is 4.12. The average molecular weight is 560 g/mol. The molecule has 36 heavy (non-hydrogen) atoms. The Bertz CT molecular complexity index is 1150.